The number of methoxy groups -OCH3 is 1. The maximum absolute atomic E-state index is 13.1. The third-order valence-electron chi connectivity index (χ3n) is 5.78. The number of nitrogens with one attached hydrogen (secondary N) is 1. The normalized spacial score (nSPS) is 23.8. The molecule has 5 heteroatoms. The van der Waals surface area contributed by atoms with Gasteiger partial charge in [0.05, 0.1) is 25.0 Å². The van der Waals surface area contributed by atoms with Crippen molar-refractivity contribution in [1.82, 2.24) is 0 Å². The van der Waals surface area contributed by atoms with Crippen molar-refractivity contribution >= 4 is 11.5 Å². The second-order valence-electron chi connectivity index (χ2n) is 7.96. The van der Waals surface area contributed by atoms with Crippen molar-refractivity contribution in [2.24, 2.45) is 5.92 Å². The highest BCUT2D eigenvalue weighted by Gasteiger charge is 2.25. The lowest BCUT2D eigenvalue weighted by molar-refractivity contribution is -0.120. The Hall–Kier alpha value is -2.24. The van der Waals surface area contributed by atoms with Crippen LogP contribution in [0.3, 0.4) is 0 Å². The standard InChI is InChI=1S/C26H37NO4/c1-5-24(29-4)23(27)17-19(3)26(28)21-13-10-14-22(30-6-2)18-25(31-16-15-21)20-11-8-7-9-12-20/h5,7-9,11-12,17,21-22,25,27H,6,10,13-16,18H2,1-4H3/b19-17+,24-5+,27-23?. The summed E-state index contributed by atoms with van der Waals surface area (Å²) in [6, 6.07) is 10.3. The Labute approximate surface area is 187 Å². The number of ether oxygens (including phenoxy) is 3. The van der Waals surface area contributed by atoms with E-state index in [0.717, 1.165) is 31.2 Å². The van der Waals surface area contributed by atoms with Crippen LogP contribution in [0.2, 0.25) is 0 Å². The van der Waals surface area contributed by atoms with E-state index < -0.39 is 0 Å². The van der Waals surface area contributed by atoms with Crippen molar-refractivity contribution in [2.75, 3.05) is 20.3 Å². The monoisotopic (exact) mass is 427 g/mol. The number of carbonyl (C=O) groups excluding carboxylic acids is 1. The number of rotatable bonds is 8. The Balaban J connectivity index is 2.13. The smallest absolute Gasteiger partial charge is 0.161 e. The van der Waals surface area contributed by atoms with Gasteiger partial charge in [0.1, 0.15) is 5.76 Å². The largest absolute Gasteiger partial charge is 0.495 e. The molecule has 1 N–H and O–H groups in total. The van der Waals surface area contributed by atoms with Crippen molar-refractivity contribution in [3.05, 3.63) is 59.4 Å². The predicted molar refractivity (Wildman–Crippen MR) is 124 cm³/mol. The molecular formula is C26H37NO4. The summed E-state index contributed by atoms with van der Waals surface area (Å²) in [5, 5.41) is 8.16. The first kappa shape index (κ1) is 25.0. The van der Waals surface area contributed by atoms with Crippen LogP contribution in [0.4, 0.5) is 0 Å². The molecule has 0 amide bonds. The van der Waals surface area contributed by atoms with E-state index in [1.807, 2.05) is 32.0 Å². The Morgan fingerprint density at radius 2 is 1.97 bits per heavy atom. The lowest BCUT2D eigenvalue weighted by Gasteiger charge is -2.27. The van der Waals surface area contributed by atoms with Gasteiger partial charge in [-0.25, -0.2) is 0 Å². The van der Waals surface area contributed by atoms with Gasteiger partial charge in [0, 0.05) is 25.6 Å². The summed E-state index contributed by atoms with van der Waals surface area (Å²) in [6.07, 6.45) is 7.59. The molecule has 2 rings (SSSR count). The van der Waals surface area contributed by atoms with E-state index in [0.29, 0.717) is 31.0 Å². The molecule has 0 saturated carbocycles. The summed E-state index contributed by atoms with van der Waals surface area (Å²) in [6.45, 7) is 6.82. The van der Waals surface area contributed by atoms with E-state index in [2.05, 4.69) is 12.1 Å². The summed E-state index contributed by atoms with van der Waals surface area (Å²) < 4.78 is 17.5. The van der Waals surface area contributed by atoms with E-state index in [4.69, 9.17) is 19.6 Å². The maximum atomic E-state index is 13.1. The van der Waals surface area contributed by atoms with Crippen LogP contribution >= 0.6 is 0 Å². The van der Waals surface area contributed by atoms with Gasteiger partial charge in [0.15, 0.2) is 5.78 Å². The molecule has 5 nitrogen and oxygen atoms in total. The molecule has 0 aliphatic carbocycles. The van der Waals surface area contributed by atoms with Crippen molar-refractivity contribution in [1.29, 1.82) is 5.41 Å². The molecule has 3 atom stereocenters. The van der Waals surface area contributed by atoms with Crippen LogP contribution in [0.1, 0.15) is 64.5 Å². The Morgan fingerprint density at radius 3 is 2.61 bits per heavy atom. The molecule has 1 aromatic rings. The van der Waals surface area contributed by atoms with Crippen LogP contribution in [0, 0.1) is 11.3 Å². The first-order valence-corrected chi connectivity index (χ1v) is 11.3. The molecule has 1 heterocycles. The minimum atomic E-state index is -0.113. The van der Waals surface area contributed by atoms with Gasteiger partial charge >= 0.3 is 0 Å². The fraction of sp³-hybridized carbons (Fsp3) is 0.538. The zero-order chi connectivity index (χ0) is 22.6. The van der Waals surface area contributed by atoms with Crippen LogP contribution in [0.15, 0.2) is 53.8 Å². The van der Waals surface area contributed by atoms with Gasteiger partial charge in [0.25, 0.3) is 0 Å². The number of benzene rings is 1. The molecule has 0 radical (unpaired) electrons. The number of carbonyl (C=O) groups is 1. The maximum Gasteiger partial charge on any atom is 0.161 e. The first-order valence-electron chi connectivity index (χ1n) is 11.3. The average molecular weight is 428 g/mol. The van der Waals surface area contributed by atoms with Crippen molar-refractivity contribution in [3.8, 4) is 0 Å². The van der Waals surface area contributed by atoms with E-state index >= 15 is 0 Å². The fourth-order valence-electron chi connectivity index (χ4n) is 4.13. The van der Waals surface area contributed by atoms with Gasteiger partial charge in [-0.05, 0) is 63.3 Å². The number of allylic oxidation sites excluding steroid dienone is 3. The van der Waals surface area contributed by atoms with E-state index in [1.165, 1.54) is 7.11 Å². The third-order valence-corrected chi connectivity index (χ3v) is 5.78. The highest BCUT2D eigenvalue weighted by atomic mass is 16.5. The number of Topliss-reactive ketones (excluding diaryl/α,β-unsaturated/α-hetero) is 1. The topological polar surface area (TPSA) is 68.6 Å². The SMILES string of the molecule is C/C=C(/OC)C(=N)/C=C(\C)C(=O)C1CCCC(OCC)CC(c2ccccc2)OCC1. The second-order valence-corrected chi connectivity index (χ2v) is 7.96. The molecule has 1 aromatic carbocycles. The van der Waals surface area contributed by atoms with Crippen molar-refractivity contribution in [3.63, 3.8) is 0 Å². The lowest BCUT2D eigenvalue weighted by atomic mass is 9.88. The highest BCUT2D eigenvalue weighted by molar-refractivity contribution is 6.10. The Kier molecular flexibility index (Phi) is 10.7. The minimum Gasteiger partial charge on any atom is -0.495 e. The molecule has 3 unspecified atom stereocenters. The summed E-state index contributed by atoms with van der Waals surface area (Å²) in [5.41, 5.74) is 1.95. The molecular weight excluding hydrogens is 390 g/mol. The molecule has 1 fully saturated rings. The predicted octanol–water partition coefficient (Wildman–Crippen LogP) is 5.82. The van der Waals surface area contributed by atoms with Gasteiger partial charge in [0.2, 0.25) is 0 Å². The van der Waals surface area contributed by atoms with Crippen LogP contribution < -0.4 is 0 Å². The molecule has 0 spiro atoms. The molecule has 1 aliphatic rings. The first-order chi connectivity index (χ1) is 15.0. The highest BCUT2D eigenvalue weighted by Crippen LogP contribution is 2.30. The minimum absolute atomic E-state index is 0.0321. The Morgan fingerprint density at radius 1 is 1.23 bits per heavy atom. The van der Waals surface area contributed by atoms with Crippen LogP contribution in [-0.4, -0.2) is 37.9 Å². The fourth-order valence-corrected chi connectivity index (χ4v) is 4.13. The number of ketones is 1. The summed E-state index contributed by atoms with van der Waals surface area (Å²) in [7, 11) is 1.53. The molecule has 1 saturated heterocycles. The quantitative estimate of drug-likeness (QED) is 0.323. The van der Waals surface area contributed by atoms with Gasteiger partial charge in [-0.1, -0.05) is 36.8 Å². The molecule has 1 aliphatic heterocycles. The van der Waals surface area contributed by atoms with Gasteiger partial charge in [-0.3, -0.25) is 10.2 Å². The molecule has 31 heavy (non-hydrogen) atoms. The van der Waals surface area contributed by atoms with Crippen LogP contribution in [0.5, 0.6) is 0 Å². The summed E-state index contributed by atoms with van der Waals surface area (Å²) in [5.74, 6) is 0.439. The average Bonchev–Trinajstić information content (AvgIpc) is 2.78. The molecule has 0 aromatic heterocycles. The lowest BCUT2D eigenvalue weighted by Crippen LogP contribution is -2.24. The van der Waals surface area contributed by atoms with Gasteiger partial charge in [-0.2, -0.15) is 0 Å². The molecule has 0 bridgehead atoms. The third kappa shape index (κ3) is 7.75. The number of hydrogen-bond acceptors (Lipinski definition) is 5. The van der Waals surface area contributed by atoms with Crippen molar-refractivity contribution < 1.29 is 19.0 Å². The van der Waals surface area contributed by atoms with Gasteiger partial charge < -0.3 is 14.2 Å². The van der Waals surface area contributed by atoms with E-state index in [-0.39, 0.29) is 29.6 Å². The van der Waals surface area contributed by atoms with E-state index in [9.17, 15) is 4.79 Å². The Bertz CT molecular complexity index is 769. The zero-order valence-corrected chi connectivity index (χ0v) is 19.4. The van der Waals surface area contributed by atoms with Gasteiger partial charge in [-0.15, -0.1) is 0 Å². The van der Waals surface area contributed by atoms with Crippen LogP contribution in [0.25, 0.3) is 0 Å². The number of hydrogen-bond donors (Lipinski definition) is 1. The zero-order valence-electron chi connectivity index (χ0n) is 19.4. The summed E-state index contributed by atoms with van der Waals surface area (Å²) >= 11 is 0. The molecule has 170 valence electrons. The van der Waals surface area contributed by atoms with Crippen LogP contribution in [-0.2, 0) is 19.0 Å². The summed E-state index contributed by atoms with van der Waals surface area (Å²) in [4.78, 5) is 13.1. The second kappa shape index (κ2) is 13.2. The van der Waals surface area contributed by atoms with E-state index in [1.54, 1.807) is 19.1 Å². The van der Waals surface area contributed by atoms with Crippen molar-refractivity contribution in [2.45, 2.75) is 65.1 Å².